The maximum Gasteiger partial charge on any atom is 0.261 e. The molecule has 0 saturated carbocycles. The highest BCUT2D eigenvalue weighted by molar-refractivity contribution is 9.10. The van der Waals surface area contributed by atoms with Crippen molar-refractivity contribution in [3.8, 4) is 5.75 Å². The van der Waals surface area contributed by atoms with Crippen molar-refractivity contribution in [3.63, 3.8) is 0 Å². The van der Waals surface area contributed by atoms with Gasteiger partial charge in [-0.15, -0.1) is 0 Å². The molecule has 0 heterocycles. The second-order valence-electron chi connectivity index (χ2n) is 8.55. The van der Waals surface area contributed by atoms with Gasteiger partial charge in [-0.2, -0.15) is 0 Å². The van der Waals surface area contributed by atoms with E-state index in [1.54, 1.807) is 4.90 Å². The predicted molar refractivity (Wildman–Crippen MR) is 143 cm³/mol. The Balaban J connectivity index is 1.88. The third kappa shape index (κ3) is 8.25. The first-order chi connectivity index (χ1) is 17.0. The second kappa shape index (κ2) is 13.7. The zero-order valence-electron chi connectivity index (χ0n) is 20.4. The van der Waals surface area contributed by atoms with E-state index >= 15 is 0 Å². The second-order valence-corrected chi connectivity index (χ2v) is 9.47. The zero-order valence-corrected chi connectivity index (χ0v) is 22.0. The summed E-state index contributed by atoms with van der Waals surface area (Å²) in [5.74, 6) is 0.280. The number of unbranched alkanes of at least 4 members (excludes halogenated alkanes) is 1. The number of rotatable bonds is 12. The number of aryl methyl sites for hydroxylation is 1. The van der Waals surface area contributed by atoms with E-state index in [2.05, 4.69) is 28.2 Å². The average Bonchev–Trinajstić information content (AvgIpc) is 2.87. The van der Waals surface area contributed by atoms with Crippen molar-refractivity contribution in [2.75, 3.05) is 13.2 Å². The fourth-order valence-electron chi connectivity index (χ4n) is 3.79. The number of hydrogen-bond acceptors (Lipinski definition) is 3. The molecule has 3 aromatic carbocycles. The van der Waals surface area contributed by atoms with Crippen LogP contribution in [0.1, 0.15) is 36.5 Å². The molecule has 3 rings (SSSR count). The minimum Gasteiger partial charge on any atom is -0.484 e. The molecule has 0 saturated heterocycles. The van der Waals surface area contributed by atoms with E-state index in [1.807, 2.05) is 85.8 Å². The van der Waals surface area contributed by atoms with Gasteiger partial charge in [0.2, 0.25) is 5.91 Å². The molecule has 35 heavy (non-hydrogen) atoms. The first-order valence-corrected chi connectivity index (χ1v) is 12.8. The molecule has 5 nitrogen and oxygen atoms in total. The van der Waals surface area contributed by atoms with Crippen LogP contribution in [0.25, 0.3) is 0 Å². The molecule has 1 unspecified atom stereocenters. The minimum absolute atomic E-state index is 0.144. The van der Waals surface area contributed by atoms with Gasteiger partial charge >= 0.3 is 0 Å². The maximum absolute atomic E-state index is 13.6. The number of hydrogen-bond donors (Lipinski definition) is 1. The third-order valence-electron chi connectivity index (χ3n) is 5.81. The Hall–Kier alpha value is -3.12. The van der Waals surface area contributed by atoms with Crippen LogP contribution in [0.3, 0.4) is 0 Å². The maximum atomic E-state index is 13.6. The fourth-order valence-corrected chi connectivity index (χ4v) is 4.05. The molecule has 184 valence electrons. The Morgan fingerprint density at radius 2 is 1.63 bits per heavy atom. The van der Waals surface area contributed by atoms with E-state index in [1.165, 1.54) is 0 Å². The highest BCUT2D eigenvalue weighted by Gasteiger charge is 2.30. The van der Waals surface area contributed by atoms with Crippen LogP contribution in [-0.2, 0) is 22.6 Å². The summed E-state index contributed by atoms with van der Waals surface area (Å²) in [5, 5.41) is 3.04. The van der Waals surface area contributed by atoms with Crippen molar-refractivity contribution in [2.45, 2.75) is 45.7 Å². The van der Waals surface area contributed by atoms with Crippen LogP contribution in [-0.4, -0.2) is 35.9 Å². The predicted octanol–water partition coefficient (Wildman–Crippen LogP) is 5.69. The van der Waals surface area contributed by atoms with Crippen LogP contribution in [0.4, 0.5) is 0 Å². The lowest BCUT2D eigenvalue weighted by molar-refractivity contribution is -0.142. The number of halogens is 1. The molecule has 3 aromatic rings. The molecule has 0 spiro atoms. The van der Waals surface area contributed by atoms with Crippen molar-refractivity contribution in [3.05, 3.63) is 100 Å². The molecule has 2 amide bonds. The normalized spacial score (nSPS) is 11.5. The van der Waals surface area contributed by atoms with Gasteiger partial charge in [-0.1, -0.05) is 89.9 Å². The number of ether oxygens (including phenoxy) is 1. The average molecular weight is 537 g/mol. The molecular weight excluding hydrogens is 504 g/mol. The smallest absolute Gasteiger partial charge is 0.261 e. The van der Waals surface area contributed by atoms with Crippen LogP contribution in [0.2, 0.25) is 0 Å². The largest absolute Gasteiger partial charge is 0.484 e. The van der Waals surface area contributed by atoms with Crippen molar-refractivity contribution in [2.24, 2.45) is 0 Å². The summed E-state index contributed by atoms with van der Waals surface area (Å²) in [5.41, 5.74) is 2.89. The molecule has 0 bridgehead atoms. The molecule has 0 aromatic heterocycles. The third-order valence-corrected chi connectivity index (χ3v) is 6.34. The molecule has 6 heteroatoms. The Bertz CT molecular complexity index is 1090. The van der Waals surface area contributed by atoms with E-state index in [0.29, 0.717) is 25.3 Å². The van der Waals surface area contributed by atoms with Gasteiger partial charge in [0, 0.05) is 24.0 Å². The number of benzene rings is 3. The number of nitrogens with one attached hydrogen (secondary N) is 1. The molecular formula is C29H33BrN2O3. The van der Waals surface area contributed by atoms with Crippen LogP contribution in [0.15, 0.2) is 83.3 Å². The quantitative estimate of drug-likeness (QED) is 0.302. The Labute approximate surface area is 216 Å². The van der Waals surface area contributed by atoms with Crippen LogP contribution in [0.5, 0.6) is 5.75 Å². The Morgan fingerprint density at radius 1 is 0.943 bits per heavy atom. The van der Waals surface area contributed by atoms with Gasteiger partial charge < -0.3 is 15.0 Å². The lowest BCUT2D eigenvalue weighted by Crippen LogP contribution is -2.51. The molecule has 0 aliphatic rings. The number of carbonyl (C=O) groups excluding carboxylic acids is 2. The van der Waals surface area contributed by atoms with Crippen LogP contribution < -0.4 is 10.1 Å². The van der Waals surface area contributed by atoms with E-state index < -0.39 is 6.04 Å². The van der Waals surface area contributed by atoms with Crippen molar-refractivity contribution in [1.29, 1.82) is 0 Å². The molecule has 0 radical (unpaired) electrons. The number of amides is 2. The summed E-state index contributed by atoms with van der Waals surface area (Å²) in [4.78, 5) is 28.6. The van der Waals surface area contributed by atoms with Crippen molar-refractivity contribution in [1.82, 2.24) is 10.2 Å². The Morgan fingerprint density at radius 3 is 2.31 bits per heavy atom. The SMILES string of the molecule is CCCCNC(=O)C(Cc1ccccc1)N(Cc1ccc(Br)cc1)C(=O)COc1ccccc1C. The van der Waals surface area contributed by atoms with E-state index in [9.17, 15) is 9.59 Å². The van der Waals surface area contributed by atoms with Gasteiger partial charge in [-0.25, -0.2) is 0 Å². The lowest BCUT2D eigenvalue weighted by Gasteiger charge is -2.31. The zero-order chi connectivity index (χ0) is 25.0. The standard InChI is InChI=1S/C29H33BrN2O3/c1-3-4-18-31-29(34)26(19-23-11-6-5-7-12-23)32(20-24-14-16-25(30)17-15-24)28(33)21-35-27-13-9-8-10-22(27)2/h5-17,26H,3-4,18-21H2,1-2H3,(H,31,34). The Kier molecular flexibility index (Phi) is 10.4. The lowest BCUT2D eigenvalue weighted by atomic mass is 10.0. The summed E-state index contributed by atoms with van der Waals surface area (Å²) >= 11 is 3.47. The number of carbonyl (C=O) groups is 2. The van der Waals surface area contributed by atoms with Gasteiger partial charge in [-0.3, -0.25) is 9.59 Å². The highest BCUT2D eigenvalue weighted by Crippen LogP contribution is 2.19. The molecule has 1 atom stereocenters. The summed E-state index contributed by atoms with van der Waals surface area (Å²) in [6.07, 6.45) is 2.29. The monoisotopic (exact) mass is 536 g/mol. The topological polar surface area (TPSA) is 58.6 Å². The van der Waals surface area contributed by atoms with Gasteiger partial charge in [0.1, 0.15) is 11.8 Å². The first-order valence-electron chi connectivity index (χ1n) is 12.0. The number of para-hydroxylation sites is 1. The molecule has 1 N–H and O–H groups in total. The fraction of sp³-hybridized carbons (Fsp3) is 0.310. The van der Waals surface area contributed by atoms with Crippen molar-refractivity contribution >= 4 is 27.7 Å². The van der Waals surface area contributed by atoms with E-state index in [4.69, 9.17) is 4.74 Å². The summed E-state index contributed by atoms with van der Waals surface area (Å²) in [7, 11) is 0. The van der Waals surface area contributed by atoms with Gasteiger partial charge in [0.25, 0.3) is 5.91 Å². The van der Waals surface area contributed by atoms with Crippen LogP contribution in [0, 0.1) is 6.92 Å². The van der Waals surface area contributed by atoms with Gasteiger partial charge in [-0.05, 0) is 48.2 Å². The first kappa shape index (κ1) is 26.5. The summed E-state index contributed by atoms with van der Waals surface area (Å²) < 4.78 is 6.84. The van der Waals surface area contributed by atoms with Crippen LogP contribution >= 0.6 is 15.9 Å². The van der Waals surface area contributed by atoms with Gasteiger partial charge in [0.15, 0.2) is 6.61 Å². The van der Waals surface area contributed by atoms with Gasteiger partial charge in [0.05, 0.1) is 0 Å². The molecule has 0 aliphatic heterocycles. The minimum atomic E-state index is -0.661. The van der Waals surface area contributed by atoms with E-state index in [0.717, 1.165) is 34.0 Å². The van der Waals surface area contributed by atoms with Crippen molar-refractivity contribution < 1.29 is 14.3 Å². The summed E-state index contributed by atoms with van der Waals surface area (Å²) in [6, 6.07) is 24.6. The summed E-state index contributed by atoms with van der Waals surface area (Å²) in [6.45, 7) is 4.77. The number of nitrogens with zero attached hydrogens (tertiary/aromatic N) is 1. The van der Waals surface area contributed by atoms with E-state index in [-0.39, 0.29) is 18.4 Å². The molecule has 0 aliphatic carbocycles. The molecule has 0 fully saturated rings. The highest BCUT2D eigenvalue weighted by atomic mass is 79.9.